The van der Waals surface area contributed by atoms with Crippen molar-refractivity contribution in [1.29, 1.82) is 0 Å². The number of nitrogens with one attached hydrogen (secondary N) is 3. The Morgan fingerprint density at radius 2 is 1.61 bits per heavy atom. The molecule has 2 rings (SSSR count). The average Bonchev–Trinajstić information content (AvgIpc) is 2.58. The van der Waals surface area contributed by atoms with Crippen LogP contribution in [-0.2, 0) is 29.5 Å². The molecule has 3 N–H and O–H groups in total. The number of urea groups is 1. The summed E-state index contributed by atoms with van der Waals surface area (Å²) in [6, 6.07) is 6.75. The lowest BCUT2D eigenvalue weighted by Gasteiger charge is -2.37. The fourth-order valence-electron chi connectivity index (χ4n) is 3.00. The average molecular weight is 389 g/mol. The van der Waals surface area contributed by atoms with Crippen LogP contribution >= 0.6 is 0 Å². The van der Waals surface area contributed by atoms with E-state index in [2.05, 4.69) is 5.32 Å². The van der Waals surface area contributed by atoms with E-state index < -0.39 is 46.6 Å². The van der Waals surface area contributed by atoms with E-state index in [0.29, 0.717) is 0 Å². The van der Waals surface area contributed by atoms with Gasteiger partial charge in [-0.15, -0.1) is 0 Å². The Morgan fingerprint density at radius 3 is 2.07 bits per heavy atom. The van der Waals surface area contributed by atoms with Crippen molar-refractivity contribution in [3.8, 4) is 0 Å². The zero-order valence-corrected chi connectivity index (χ0v) is 16.1. The van der Waals surface area contributed by atoms with Gasteiger partial charge in [0.05, 0.1) is 6.61 Å². The van der Waals surface area contributed by atoms with Gasteiger partial charge in [0, 0.05) is 0 Å². The van der Waals surface area contributed by atoms with Crippen LogP contribution in [-0.4, -0.2) is 36.3 Å². The Labute approximate surface area is 162 Å². The third-order valence-electron chi connectivity index (χ3n) is 4.30. The monoisotopic (exact) mass is 389 g/mol. The molecule has 5 amide bonds. The summed E-state index contributed by atoms with van der Waals surface area (Å²) in [5.41, 5.74) is -2.92. The standard InChI is InChI=1S/C19H23N3O6/c1-5-28-14(24)12(18(2,3)4)13(23)22-19(11-9-7-6-8-10-11)15(25)20-17(27)21-16(19)26/h6-10,12H,5H2,1-4H3,(H,22,23)(H2,20,21,25,26,27). The van der Waals surface area contributed by atoms with E-state index in [1.165, 1.54) is 12.1 Å². The van der Waals surface area contributed by atoms with Crippen LogP contribution in [0.15, 0.2) is 30.3 Å². The van der Waals surface area contributed by atoms with E-state index >= 15 is 0 Å². The molecule has 0 aromatic heterocycles. The van der Waals surface area contributed by atoms with Crippen molar-refractivity contribution < 1.29 is 28.7 Å². The predicted molar refractivity (Wildman–Crippen MR) is 97.5 cm³/mol. The number of ether oxygens (including phenoxy) is 1. The number of hydrogen-bond acceptors (Lipinski definition) is 6. The topological polar surface area (TPSA) is 131 Å². The first-order valence-corrected chi connectivity index (χ1v) is 8.75. The van der Waals surface area contributed by atoms with Gasteiger partial charge in [-0.25, -0.2) is 4.79 Å². The Balaban J connectivity index is 2.52. The van der Waals surface area contributed by atoms with Crippen molar-refractivity contribution >= 4 is 29.7 Å². The smallest absolute Gasteiger partial charge is 0.328 e. The molecule has 1 heterocycles. The number of esters is 1. The molecule has 1 aliphatic heterocycles. The van der Waals surface area contributed by atoms with Crippen LogP contribution in [0.25, 0.3) is 0 Å². The third-order valence-corrected chi connectivity index (χ3v) is 4.30. The molecule has 1 aliphatic rings. The quantitative estimate of drug-likeness (QED) is 0.499. The molecule has 0 bridgehead atoms. The van der Waals surface area contributed by atoms with Gasteiger partial charge >= 0.3 is 12.0 Å². The van der Waals surface area contributed by atoms with E-state index in [0.717, 1.165) is 0 Å². The molecule has 1 aromatic rings. The molecule has 1 saturated heterocycles. The molecule has 0 saturated carbocycles. The summed E-state index contributed by atoms with van der Waals surface area (Å²) in [6.07, 6.45) is 0. The number of carbonyl (C=O) groups excluding carboxylic acids is 5. The highest BCUT2D eigenvalue weighted by molar-refractivity contribution is 6.24. The second-order valence-corrected chi connectivity index (χ2v) is 7.39. The molecule has 0 radical (unpaired) electrons. The van der Waals surface area contributed by atoms with Crippen LogP contribution in [0.5, 0.6) is 0 Å². The first-order valence-electron chi connectivity index (χ1n) is 8.75. The van der Waals surface area contributed by atoms with Crippen LogP contribution in [0.1, 0.15) is 33.3 Å². The molecular weight excluding hydrogens is 366 g/mol. The summed E-state index contributed by atoms with van der Waals surface area (Å²) in [4.78, 5) is 62.4. The van der Waals surface area contributed by atoms with Crippen LogP contribution in [0.4, 0.5) is 4.79 Å². The summed E-state index contributed by atoms with van der Waals surface area (Å²) in [5.74, 6) is -4.96. The molecule has 9 nitrogen and oxygen atoms in total. The molecule has 1 fully saturated rings. The van der Waals surface area contributed by atoms with Crippen LogP contribution in [0.2, 0.25) is 0 Å². The molecule has 1 unspecified atom stereocenters. The molecule has 9 heteroatoms. The summed E-state index contributed by atoms with van der Waals surface area (Å²) in [5, 5.41) is 6.39. The molecule has 0 spiro atoms. The number of amides is 5. The summed E-state index contributed by atoms with van der Waals surface area (Å²) in [6.45, 7) is 6.66. The summed E-state index contributed by atoms with van der Waals surface area (Å²) >= 11 is 0. The van der Waals surface area contributed by atoms with Gasteiger partial charge in [-0.1, -0.05) is 51.1 Å². The van der Waals surface area contributed by atoms with Crippen molar-refractivity contribution in [1.82, 2.24) is 16.0 Å². The summed E-state index contributed by atoms with van der Waals surface area (Å²) < 4.78 is 5.00. The number of hydrogen-bond donors (Lipinski definition) is 3. The molecule has 28 heavy (non-hydrogen) atoms. The van der Waals surface area contributed by atoms with Gasteiger partial charge in [0.1, 0.15) is 5.92 Å². The highest BCUT2D eigenvalue weighted by Gasteiger charge is 2.55. The van der Waals surface area contributed by atoms with E-state index in [9.17, 15) is 24.0 Å². The van der Waals surface area contributed by atoms with Gasteiger partial charge in [-0.05, 0) is 17.9 Å². The SMILES string of the molecule is CCOC(=O)C(C(=O)NC1(c2ccccc2)C(=O)NC(=O)NC1=O)C(C)(C)C. The molecule has 150 valence electrons. The third kappa shape index (κ3) is 3.88. The lowest BCUT2D eigenvalue weighted by molar-refractivity contribution is -0.159. The van der Waals surface area contributed by atoms with E-state index in [-0.39, 0.29) is 12.2 Å². The van der Waals surface area contributed by atoms with Crippen LogP contribution < -0.4 is 16.0 Å². The zero-order valence-electron chi connectivity index (χ0n) is 16.1. The lowest BCUT2D eigenvalue weighted by Crippen LogP contribution is -2.72. The minimum atomic E-state index is -2.21. The van der Waals surface area contributed by atoms with Crippen molar-refractivity contribution in [2.45, 2.75) is 33.2 Å². The summed E-state index contributed by atoms with van der Waals surface area (Å²) in [7, 11) is 0. The Kier molecular flexibility index (Phi) is 5.86. The second kappa shape index (κ2) is 7.79. The first kappa shape index (κ1) is 21.1. The van der Waals surface area contributed by atoms with Gasteiger partial charge in [0.15, 0.2) is 0 Å². The largest absolute Gasteiger partial charge is 0.465 e. The number of benzene rings is 1. The molecular formula is C19H23N3O6. The van der Waals surface area contributed by atoms with E-state index in [1.54, 1.807) is 45.9 Å². The van der Waals surface area contributed by atoms with Crippen molar-refractivity contribution in [3.05, 3.63) is 35.9 Å². The predicted octanol–water partition coefficient (Wildman–Crippen LogP) is 0.589. The van der Waals surface area contributed by atoms with Crippen LogP contribution in [0, 0.1) is 11.3 Å². The Morgan fingerprint density at radius 1 is 1.07 bits per heavy atom. The van der Waals surface area contributed by atoms with Gasteiger partial charge in [0.2, 0.25) is 11.4 Å². The van der Waals surface area contributed by atoms with E-state index in [1.807, 2.05) is 10.6 Å². The minimum Gasteiger partial charge on any atom is -0.465 e. The highest BCUT2D eigenvalue weighted by atomic mass is 16.5. The molecule has 1 aromatic carbocycles. The number of carbonyl (C=O) groups is 5. The maximum absolute atomic E-state index is 13.1. The fraction of sp³-hybridized carbons (Fsp3) is 0.421. The number of imide groups is 2. The Hall–Kier alpha value is -3.23. The van der Waals surface area contributed by atoms with Crippen LogP contribution in [0.3, 0.4) is 0 Å². The van der Waals surface area contributed by atoms with Crippen molar-refractivity contribution in [3.63, 3.8) is 0 Å². The first-order chi connectivity index (χ1) is 13.0. The van der Waals surface area contributed by atoms with Gasteiger partial charge < -0.3 is 10.1 Å². The zero-order chi connectivity index (χ0) is 21.1. The highest BCUT2D eigenvalue weighted by Crippen LogP contribution is 2.30. The normalized spacial score (nSPS) is 17.2. The Bertz CT molecular complexity index is 793. The maximum Gasteiger partial charge on any atom is 0.328 e. The minimum absolute atomic E-state index is 0.0675. The second-order valence-electron chi connectivity index (χ2n) is 7.39. The maximum atomic E-state index is 13.1. The van der Waals surface area contributed by atoms with Crippen molar-refractivity contribution in [2.75, 3.05) is 6.61 Å². The fourth-order valence-corrected chi connectivity index (χ4v) is 3.00. The molecule has 1 atom stereocenters. The lowest BCUT2D eigenvalue weighted by atomic mass is 9.78. The van der Waals surface area contributed by atoms with Gasteiger partial charge in [-0.2, -0.15) is 0 Å². The van der Waals surface area contributed by atoms with Gasteiger partial charge in [-0.3, -0.25) is 29.8 Å². The molecule has 0 aliphatic carbocycles. The van der Waals surface area contributed by atoms with Crippen molar-refractivity contribution in [2.24, 2.45) is 11.3 Å². The number of barbiturate groups is 1. The van der Waals surface area contributed by atoms with E-state index in [4.69, 9.17) is 4.74 Å². The number of rotatable bonds is 5. The van der Waals surface area contributed by atoms with Gasteiger partial charge in [0.25, 0.3) is 11.8 Å².